The van der Waals surface area contributed by atoms with Gasteiger partial charge in [0.05, 0.1) is 6.20 Å². The molecule has 2 aromatic heterocycles. The second-order valence-electron chi connectivity index (χ2n) is 4.28. The lowest BCUT2D eigenvalue weighted by Gasteiger charge is -2.08. The average Bonchev–Trinajstić information content (AvgIpc) is 2.49. The molecule has 0 aliphatic carbocycles. The number of aliphatic imine (C=N–C) groups is 1. The summed E-state index contributed by atoms with van der Waals surface area (Å²) in [4.78, 5) is 12.3. The number of anilines is 1. The monoisotopic (exact) mass is 268 g/mol. The molecule has 0 fully saturated rings. The molecular formula is C13H12N6O. The van der Waals surface area contributed by atoms with Gasteiger partial charge in [0.1, 0.15) is 17.1 Å². The fraction of sp³-hybridized carbons (Fsp3) is 0.154. The van der Waals surface area contributed by atoms with E-state index in [1.807, 2.05) is 0 Å². The molecule has 0 spiro atoms. The maximum atomic E-state index is 10.1. The lowest BCUT2D eigenvalue weighted by molar-refractivity contribution is 0.474. The third kappa shape index (κ3) is 2.33. The number of aromatic nitrogens is 4. The van der Waals surface area contributed by atoms with Crippen molar-refractivity contribution in [1.29, 1.82) is 0 Å². The molecule has 3 rings (SSSR count). The Morgan fingerprint density at radius 1 is 1.15 bits per heavy atom. The number of rotatable bonds is 2. The summed E-state index contributed by atoms with van der Waals surface area (Å²) in [6, 6.07) is 1.63. The van der Waals surface area contributed by atoms with Crippen LogP contribution in [0, 0.1) is 0 Å². The van der Waals surface area contributed by atoms with Crippen LogP contribution < -0.4 is 5.73 Å². The smallest absolute Gasteiger partial charge is 0.240 e. The maximum Gasteiger partial charge on any atom is 0.240 e. The summed E-state index contributed by atoms with van der Waals surface area (Å²) < 4.78 is 0. The molecule has 100 valence electrons. The van der Waals surface area contributed by atoms with Crippen molar-refractivity contribution in [1.82, 2.24) is 20.2 Å². The molecule has 3 N–H and O–H groups in total. The molecule has 0 radical (unpaired) electrons. The van der Waals surface area contributed by atoms with E-state index in [9.17, 15) is 5.11 Å². The number of nitrogen functional groups attached to an aromatic ring is 1. The molecule has 20 heavy (non-hydrogen) atoms. The first kappa shape index (κ1) is 12.2. The highest BCUT2D eigenvalue weighted by molar-refractivity contribution is 6.10. The molecule has 7 heteroatoms. The Morgan fingerprint density at radius 2 is 2.05 bits per heavy atom. The van der Waals surface area contributed by atoms with Gasteiger partial charge in [0.15, 0.2) is 0 Å². The van der Waals surface area contributed by atoms with E-state index in [2.05, 4.69) is 31.2 Å². The number of nitrogens with zero attached hydrogens (tertiary/aromatic N) is 5. The van der Waals surface area contributed by atoms with Gasteiger partial charge < -0.3 is 10.8 Å². The van der Waals surface area contributed by atoms with Crippen LogP contribution in [0.4, 0.5) is 5.95 Å². The van der Waals surface area contributed by atoms with Crippen LogP contribution in [0.1, 0.15) is 12.0 Å². The van der Waals surface area contributed by atoms with E-state index in [0.29, 0.717) is 11.4 Å². The highest BCUT2D eigenvalue weighted by Gasteiger charge is 2.11. The van der Waals surface area contributed by atoms with E-state index in [4.69, 9.17) is 5.73 Å². The Balaban J connectivity index is 1.97. The molecule has 0 unspecified atom stereocenters. The van der Waals surface area contributed by atoms with Gasteiger partial charge in [-0.25, -0.2) is 9.97 Å². The lowest BCUT2D eigenvalue weighted by Crippen LogP contribution is -2.00. The van der Waals surface area contributed by atoms with Crippen molar-refractivity contribution in [3.63, 3.8) is 0 Å². The minimum atomic E-state index is 0.0169. The zero-order valence-corrected chi connectivity index (χ0v) is 10.6. The van der Waals surface area contributed by atoms with Gasteiger partial charge in [0.2, 0.25) is 5.95 Å². The molecule has 0 saturated carbocycles. The van der Waals surface area contributed by atoms with Gasteiger partial charge >= 0.3 is 0 Å². The van der Waals surface area contributed by atoms with Crippen molar-refractivity contribution in [2.24, 2.45) is 4.99 Å². The summed E-state index contributed by atoms with van der Waals surface area (Å²) in [5.41, 5.74) is 7.83. The Kier molecular flexibility index (Phi) is 3.08. The summed E-state index contributed by atoms with van der Waals surface area (Å²) in [6.07, 6.45) is 7.82. The van der Waals surface area contributed by atoms with Crippen molar-refractivity contribution < 1.29 is 5.11 Å². The largest absolute Gasteiger partial charge is 0.506 e. The molecular weight excluding hydrogens is 256 g/mol. The third-order valence-electron chi connectivity index (χ3n) is 2.88. The summed E-state index contributed by atoms with van der Waals surface area (Å²) in [7, 11) is 0. The Labute approximate surface area is 114 Å². The summed E-state index contributed by atoms with van der Waals surface area (Å²) >= 11 is 0. The second-order valence-corrected chi connectivity index (χ2v) is 4.28. The van der Waals surface area contributed by atoms with E-state index >= 15 is 0 Å². The van der Waals surface area contributed by atoms with Gasteiger partial charge in [-0.3, -0.25) is 4.99 Å². The van der Waals surface area contributed by atoms with Crippen LogP contribution >= 0.6 is 0 Å². The van der Waals surface area contributed by atoms with Crippen LogP contribution in [-0.4, -0.2) is 38.0 Å². The summed E-state index contributed by atoms with van der Waals surface area (Å²) in [5.74, 6) is 0.0941. The van der Waals surface area contributed by atoms with E-state index in [1.165, 1.54) is 6.20 Å². The minimum Gasteiger partial charge on any atom is -0.506 e. The molecule has 1 aliphatic heterocycles. The molecule has 1 aliphatic rings. The van der Waals surface area contributed by atoms with Gasteiger partial charge in [-0.1, -0.05) is 6.08 Å². The van der Waals surface area contributed by atoms with Gasteiger partial charge in [-0.2, -0.15) is 0 Å². The molecule has 3 heterocycles. The fourth-order valence-corrected chi connectivity index (χ4v) is 1.90. The van der Waals surface area contributed by atoms with Gasteiger partial charge in [-0.15, -0.1) is 10.2 Å². The Bertz CT molecular complexity index is 693. The van der Waals surface area contributed by atoms with Gasteiger partial charge in [-0.05, 0) is 18.1 Å². The van der Waals surface area contributed by atoms with E-state index in [0.717, 1.165) is 24.1 Å². The number of allylic oxidation sites excluding steroid dienone is 1. The SMILES string of the molecule is Nc1ncc(-c2ncc(C3=CCCN=C3)cc2O)nn1. The normalized spacial score (nSPS) is 14.1. The zero-order chi connectivity index (χ0) is 13.9. The van der Waals surface area contributed by atoms with Crippen LogP contribution in [0.5, 0.6) is 5.75 Å². The van der Waals surface area contributed by atoms with Crippen molar-refractivity contribution in [3.05, 3.63) is 30.1 Å². The number of pyridine rings is 1. The topological polar surface area (TPSA) is 110 Å². The van der Waals surface area contributed by atoms with Crippen LogP contribution in [0.3, 0.4) is 0 Å². The number of aromatic hydroxyl groups is 1. The second kappa shape index (κ2) is 5.04. The predicted molar refractivity (Wildman–Crippen MR) is 75.1 cm³/mol. The number of dihydropyridines is 1. The van der Waals surface area contributed by atoms with Crippen molar-refractivity contribution in [3.8, 4) is 17.1 Å². The first-order valence-corrected chi connectivity index (χ1v) is 6.09. The van der Waals surface area contributed by atoms with Crippen LogP contribution in [0.15, 0.2) is 29.5 Å². The molecule has 0 aromatic carbocycles. The first-order valence-electron chi connectivity index (χ1n) is 6.09. The quantitative estimate of drug-likeness (QED) is 0.843. The number of hydrogen-bond acceptors (Lipinski definition) is 7. The predicted octanol–water partition coefficient (Wildman–Crippen LogP) is 1.08. The van der Waals surface area contributed by atoms with Gasteiger partial charge in [0.25, 0.3) is 0 Å². The van der Waals surface area contributed by atoms with Crippen molar-refractivity contribution >= 4 is 17.7 Å². The Morgan fingerprint density at radius 3 is 2.70 bits per heavy atom. The van der Waals surface area contributed by atoms with Crippen molar-refractivity contribution in [2.45, 2.75) is 6.42 Å². The van der Waals surface area contributed by atoms with Crippen LogP contribution in [0.25, 0.3) is 17.0 Å². The molecule has 7 nitrogen and oxygen atoms in total. The highest BCUT2D eigenvalue weighted by Crippen LogP contribution is 2.28. The van der Waals surface area contributed by atoms with E-state index in [1.54, 1.807) is 18.5 Å². The van der Waals surface area contributed by atoms with Crippen LogP contribution in [0.2, 0.25) is 0 Å². The molecule has 0 bridgehead atoms. The molecule has 0 amide bonds. The number of hydrogen-bond donors (Lipinski definition) is 2. The van der Waals surface area contributed by atoms with Crippen LogP contribution in [-0.2, 0) is 0 Å². The zero-order valence-electron chi connectivity index (χ0n) is 10.6. The highest BCUT2D eigenvalue weighted by atomic mass is 16.3. The first-order chi connectivity index (χ1) is 9.74. The number of nitrogens with two attached hydrogens (primary N) is 1. The molecule has 0 saturated heterocycles. The average molecular weight is 268 g/mol. The Hall–Kier alpha value is -2.83. The summed E-state index contributed by atoms with van der Waals surface area (Å²) in [6.45, 7) is 0.799. The maximum absolute atomic E-state index is 10.1. The van der Waals surface area contributed by atoms with Crippen molar-refractivity contribution in [2.75, 3.05) is 12.3 Å². The van der Waals surface area contributed by atoms with E-state index < -0.39 is 0 Å². The third-order valence-corrected chi connectivity index (χ3v) is 2.88. The fourth-order valence-electron chi connectivity index (χ4n) is 1.90. The standard InChI is InChI=1S/C13H12N6O/c14-13-17-7-10(18-19-13)12-11(20)4-9(6-16-12)8-2-1-3-15-5-8/h2,4-7,20H,1,3H2,(H2,14,17,19). The van der Waals surface area contributed by atoms with E-state index in [-0.39, 0.29) is 11.7 Å². The summed E-state index contributed by atoms with van der Waals surface area (Å²) in [5, 5.41) is 17.6. The molecule has 2 aromatic rings. The lowest BCUT2D eigenvalue weighted by atomic mass is 10.1. The van der Waals surface area contributed by atoms with Gasteiger partial charge in [0, 0.05) is 24.5 Å². The minimum absolute atomic E-state index is 0.0169. The molecule has 0 atom stereocenters.